The van der Waals surface area contributed by atoms with Gasteiger partial charge in [-0.15, -0.1) is 10.2 Å². The van der Waals surface area contributed by atoms with E-state index in [1.165, 1.54) is 4.90 Å². The van der Waals surface area contributed by atoms with Gasteiger partial charge in [0.25, 0.3) is 0 Å². The van der Waals surface area contributed by atoms with Crippen LogP contribution in [-0.2, 0) is 30.6 Å². The SMILES string of the molecule is O=C(Cn1ccc2ccccc21)N1CCn2c(nnc2C(F)(F)F)C1. The molecule has 1 aromatic carbocycles. The van der Waals surface area contributed by atoms with Crippen molar-refractivity contribution in [2.75, 3.05) is 6.54 Å². The maximum absolute atomic E-state index is 12.9. The predicted octanol–water partition coefficient (Wildman–Crippen LogP) is 2.29. The highest BCUT2D eigenvalue weighted by Crippen LogP contribution is 2.29. The van der Waals surface area contributed by atoms with Gasteiger partial charge in [0.2, 0.25) is 11.7 Å². The molecule has 6 nitrogen and oxygen atoms in total. The van der Waals surface area contributed by atoms with Crippen LogP contribution in [0.5, 0.6) is 0 Å². The predicted molar refractivity (Wildman–Crippen MR) is 82.4 cm³/mol. The molecule has 0 unspecified atom stereocenters. The standard InChI is InChI=1S/C16H14F3N5O/c17-16(18,19)15-21-20-13-9-23(7-8-24(13)15)14(25)10-22-6-5-11-3-1-2-4-12(11)22/h1-6H,7-10H2. The summed E-state index contributed by atoms with van der Waals surface area (Å²) in [6.45, 7) is 0.399. The zero-order valence-corrected chi connectivity index (χ0v) is 13.1. The molecule has 25 heavy (non-hydrogen) atoms. The number of hydrogen-bond acceptors (Lipinski definition) is 3. The van der Waals surface area contributed by atoms with Gasteiger partial charge in [0, 0.05) is 24.8 Å². The fourth-order valence-corrected chi connectivity index (χ4v) is 3.10. The number of para-hydroxylation sites is 1. The first kappa shape index (κ1) is 15.7. The van der Waals surface area contributed by atoms with Crippen molar-refractivity contribution in [3.8, 4) is 0 Å². The average Bonchev–Trinajstić information content (AvgIpc) is 3.18. The Morgan fingerprint density at radius 2 is 1.92 bits per heavy atom. The summed E-state index contributed by atoms with van der Waals surface area (Å²) in [6.07, 6.45) is -2.71. The Morgan fingerprint density at radius 1 is 1.12 bits per heavy atom. The number of amides is 1. The number of carbonyl (C=O) groups excluding carboxylic acids is 1. The van der Waals surface area contributed by atoms with E-state index in [9.17, 15) is 18.0 Å². The third-order valence-corrected chi connectivity index (χ3v) is 4.35. The first-order valence-corrected chi connectivity index (χ1v) is 7.74. The van der Waals surface area contributed by atoms with E-state index in [2.05, 4.69) is 10.2 Å². The second-order valence-corrected chi connectivity index (χ2v) is 5.91. The highest BCUT2D eigenvalue weighted by Gasteiger charge is 2.39. The number of aromatic nitrogens is 4. The topological polar surface area (TPSA) is 56.0 Å². The molecular weight excluding hydrogens is 335 g/mol. The van der Waals surface area contributed by atoms with E-state index in [0.29, 0.717) is 0 Å². The summed E-state index contributed by atoms with van der Waals surface area (Å²) in [7, 11) is 0. The van der Waals surface area contributed by atoms with Crippen LogP contribution in [0, 0.1) is 0 Å². The lowest BCUT2D eigenvalue weighted by Gasteiger charge is -2.28. The second-order valence-electron chi connectivity index (χ2n) is 5.91. The van der Waals surface area contributed by atoms with Gasteiger partial charge in [-0.2, -0.15) is 13.2 Å². The van der Waals surface area contributed by atoms with Crippen LogP contribution in [-0.4, -0.2) is 36.7 Å². The van der Waals surface area contributed by atoms with Crippen LogP contribution in [0.3, 0.4) is 0 Å². The third-order valence-electron chi connectivity index (χ3n) is 4.35. The lowest BCUT2D eigenvalue weighted by molar-refractivity contribution is -0.148. The monoisotopic (exact) mass is 349 g/mol. The van der Waals surface area contributed by atoms with Crippen molar-refractivity contribution >= 4 is 16.8 Å². The van der Waals surface area contributed by atoms with Crippen LogP contribution in [0.4, 0.5) is 13.2 Å². The molecule has 1 aliphatic rings. The molecule has 3 heterocycles. The molecule has 2 aromatic heterocycles. The van der Waals surface area contributed by atoms with Crippen molar-refractivity contribution in [2.45, 2.75) is 25.8 Å². The van der Waals surface area contributed by atoms with E-state index in [0.717, 1.165) is 15.5 Å². The number of nitrogens with zero attached hydrogens (tertiary/aromatic N) is 5. The quantitative estimate of drug-likeness (QED) is 0.713. The largest absolute Gasteiger partial charge is 0.451 e. The van der Waals surface area contributed by atoms with Gasteiger partial charge in [-0.1, -0.05) is 18.2 Å². The summed E-state index contributed by atoms with van der Waals surface area (Å²) < 4.78 is 41.4. The van der Waals surface area contributed by atoms with Crippen LogP contribution in [0.25, 0.3) is 10.9 Å². The minimum atomic E-state index is -4.54. The molecule has 9 heteroatoms. The second kappa shape index (κ2) is 5.61. The Bertz CT molecular complexity index is 943. The van der Waals surface area contributed by atoms with E-state index < -0.39 is 12.0 Å². The first-order chi connectivity index (χ1) is 11.9. The Kier molecular flexibility index (Phi) is 3.52. The van der Waals surface area contributed by atoms with Crippen molar-refractivity contribution in [2.24, 2.45) is 0 Å². The summed E-state index contributed by atoms with van der Waals surface area (Å²) in [4.78, 5) is 14.1. The van der Waals surface area contributed by atoms with E-state index in [1.54, 1.807) is 0 Å². The molecule has 3 aromatic rings. The smallest absolute Gasteiger partial charge is 0.338 e. The molecule has 0 atom stereocenters. The lowest BCUT2D eigenvalue weighted by Crippen LogP contribution is -2.40. The van der Waals surface area contributed by atoms with Gasteiger partial charge >= 0.3 is 6.18 Å². The van der Waals surface area contributed by atoms with Crippen molar-refractivity contribution < 1.29 is 18.0 Å². The number of alkyl halides is 3. The zero-order chi connectivity index (χ0) is 17.6. The molecule has 1 aliphatic heterocycles. The van der Waals surface area contributed by atoms with Gasteiger partial charge in [-0.25, -0.2) is 0 Å². The molecule has 0 N–H and O–H groups in total. The van der Waals surface area contributed by atoms with Crippen LogP contribution < -0.4 is 0 Å². The number of carbonyl (C=O) groups is 1. The Labute approximate surface area is 140 Å². The average molecular weight is 349 g/mol. The Hall–Kier alpha value is -2.84. The van der Waals surface area contributed by atoms with Gasteiger partial charge < -0.3 is 14.0 Å². The van der Waals surface area contributed by atoms with Gasteiger partial charge in [0.05, 0.1) is 6.54 Å². The Morgan fingerprint density at radius 3 is 2.72 bits per heavy atom. The van der Waals surface area contributed by atoms with E-state index >= 15 is 0 Å². The maximum Gasteiger partial charge on any atom is 0.451 e. The van der Waals surface area contributed by atoms with Crippen LogP contribution in [0.15, 0.2) is 36.5 Å². The van der Waals surface area contributed by atoms with Crippen molar-refractivity contribution in [3.05, 3.63) is 48.2 Å². The number of hydrogen-bond donors (Lipinski definition) is 0. The summed E-state index contributed by atoms with van der Waals surface area (Å²) in [5.41, 5.74) is 0.940. The van der Waals surface area contributed by atoms with Gasteiger partial charge in [-0.05, 0) is 17.5 Å². The molecule has 0 bridgehead atoms. The van der Waals surface area contributed by atoms with Crippen molar-refractivity contribution in [3.63, 3.8) is 0 Å². The summed E-state index contributed by atoms with van der Waals surface area (Å²) in [5, 5.41) is 7.85. The minimum Gasteiger partial charge on any atom is -0.338 e. The molecule has 130 valence electrons. The van der Waals surface area contributed by atoms with Crippen molar-refractivity contribution in [1.29, 1.82) is 0 Å². The van der Waals surface area contributed by atoms with Crippen molar-refractivity contribution in [1.82, 2.24) is 24.2 Å². The molecule has 0 aliphatic carbocycles. The molecule has 1 amide bonds. The number of halogens is 3. The normalized spacial score (nSPS) is 14.8. The summed E-state index contributed by atoms with van der Waals surface area (Å²) in [6, 6.07) is 9.62. The van der Waals surface area contributed by atoms with Crippen LogP contribution in [0.1, 0.15) is 11.6 Å². The lowest BCUT2D eigenvalue weighted by atomic mass is 10.2. The molecule has 0 radical (unpaired) electrons. The number of rotatable bonds is 2. The fourth-order valence-electron chi connectivity index (χ4n) is 3.10. The first-order valence-electron chi connectivity index (χ1n) is 7.74. The summed E-state index contributed by atoms with van der Waals surface area (Å²) >= 11 is 0. The molecule has 0 spiro atoms. The fraction of sp³-hybridized carbons (Fsp3) is 0.312. The number of benzene rings is 1. The van der Waals surface area contributed by atoms with Gasteiger partial charge in [0.1, 0.15) is 6.54 Å². The molecule has 4 rings (SSSR count). The van der Waals surface area contributed by atoms with Crippen LogP contribution >= 0.6 is 0 Å². The van der Waals surface area contributed by atoms with Crippen LogP contribution in [0.2, 0.25) is 0 Å². The molecule has 0 fully saturated rings. The minimum absolute atomic E-state index is 0.0289. The maximum atomic E-state index is 12.9. The zero-order valence-electron chi connectivity index (χ0n) is 13.1. The van der Waals surface area contributed by atoms with E-state index in [-0.39, 0.29) is 37.9 Å². The Balaban J connectivity index is 1.52. The van der Waals surface area contributed by atoms with Gasteiger partial charge in [0.15, 0.2) is 5.82 Å². The molecule has 0 saturated heterocycles. The molecular formula is C16H14F3N5O. The highest BCUT2D eigenvalue weighted by molar-refractivity contribution is 5.83. The third kappa shape index (κ3) is 2.75. The summed E-state index contributed by atoms with van der Waals surface area (Å²) in [5.74, 6) is -1.01. The highest BCUT2D eigenvalue weighted by atomic mass is 19.4. The number of fused-ring (bicyclic) bond motifs is 2. The van der Waals surface area contributed by atoms with E-state index in [4.69, 9.17) is 0 Å². The van der Waals surface area contributed by atoms with E-state index in [1.807, 2.05) is 41.1 Å². The molecule has 0 saturated carbocycles. The van der Waals surface area contributed by atoms with Gasteiger partial charge in [-0.3, -0.25) is 4.79 Å².